The Hall–Kier alpha value is -1.03. The number of hydrogen-bond donors (Lipinski definition) is 2. The van der Waals surface area contributed by atoms with Crippen LogP contribution in [0, 0.1) is 0 Å². The van der Waals surface area contributed by atoms with Gasteiger partial charge in [0.25, 0.3) is 0 Å². The molecule has 0 aliphatic rings. The number of halogens is 1. The molecule has 0 saturated carbocycles. The summed E-state index contributed by atoms with van der Waals surface area (Å²) < 4.78 is 15.2. The van der Waals surface area contributed by atoms with Crippen LogP contribution in [0.2, 0.25) is 5.02 Å². The summed E-state index contributed by atoms with van der Waals surface area (Å²) in [7, 11) is -4.63. The van der Waals surface area contributed by atoms with E-state index in [9.17, 15) is 9.36 Å². The lowest BCUT2D eigenvalue weighted by Gasteiger charge is -2.08. The second-order valence-corrected chi connectivity index (χ2v) is 4.39. The maximum Gasteiger partial charge on any atom is 0.485 e. The summed E-state index contributed by atoms with van der Waals surface area (Å²) in [5.41, 5.74) is -1.90. The van der Waals surface area contributed by atoms with E-state index in [-0.39, 0.29) is 5.75 Å². The maximum absolute atomic E-state index is 10.9. The van der Waals surface area contributed by atoms with Crippen LogP contribution in [0.3, 0.4) is 0 Å². The third-order valence-electron chi connectivity index (χ3n) is 1.28. The molecule has 0 spiro atoms. The van der Waals surface area contributed by atoms with Crippen molar-refractivity contribution in [2.45, 2.75) is 0 Å². The molecule has 5 nitrogen and oxygen atoms in total. The zero-order chi connectivity index (χ0) is 10.8. The molecule has 0 fully saturated rings. The van der Waals surface area contributed by atoms with Crippen LogP contribution in [0.5, 0.6) is 5.75 Å². The molecule has 0 amide bonds. The Bertz CT molecular complexity index is 388. The predicted octanol–water partition coefficient (Wildman–Crippen LogP) is 2.58. The van der Waals surface area contributed by atoms with E-state index in [1.165, 1.54) is 24.3 Å². The minimum atomic E-state index is -4.63. The Labute approximate surface area is 84.4 Å². The molecule has 0 aliphatic heterocycles. The van der Waals surface area contributed by atoms with Gasteiger partial charge in [-0.25, -0.2) is 9.36 Å². The van der Waals surface area contributed by atoms with Crippen molar-refractivity contribution < 1.29 is 23.9 Å². The normalized spacial score (nSPS) is 14.4. The predicted molar refractivity (Wildman–Crippen MR) is 49.9 cm³/mol. The Balaban J connectivity index is 2.84. The molecule has 76 valence electrons. The van der Waals surface area contributed by atoms with Gasteiger partial charge in [0.1, 0.15) is 5.75 Å². The second kappa shape index (κ2) is 4.00. The SMILES string of the molecule is O=C(O)P(=O)(O)Oc1ccc(Cl)cc1. The summed E-state index contributed by atoms with van der Waals surface area (Å²) in [5, 5.41) is 8.71. The molecule has 1 rings (SSSR count). The van der Waals surface area contributed by atoms with Crippen LogP contribution < -0.4 is 4.52 Å². The van der Waals surface area contributed by atoms with Crippen LogP contribution in [0.15, 0.2) is 24.3 Å². The molecule has 1 unspecified atom stereocenters. The summed E-state index contributed by atoms with van der Waals surface area (Å²) in [6.45, 7) is 0. The zero-order valence-electron chi connectivity index (χ0n) is 6.75. The van der Waals surface area contributed by atoms with Crippen molar-refractivity contribution in [2.24, 2.45) is 0 Å². The molecular formula is C7H6ClO5P. The van der Waals surface area contributed by atoms with E-state index in [4.69, 9.17) is 21.6 Å². The smallest absolute Gasteiger partial charge is 0.471 e. The van der Waals surface area contributed by atoms with Crippen LogP contribution in [0.1, 0.15) is 0 Å². The Morgan fingerprint density at radius 2 is 1.86 bits per heavy atom. The largest absolute Gasteiger partial charge is 0.485 e. The van der Waals surface area contributed by atoms with Crippen LogP contribution in [0.4, 0.5) is 4.79 Å². The fraction of sp³-hybridized carbons (Fsp3) is 0. The monoisotopic (exact) mass is 236 g/mol. The van der Waals surface area contributed by atoms with Crippen LogP contribution >= 0.6 is 19.2 Å². The molecule has 1 aromatic carbocycles. The highest BCUT2D eigenvalue weighted by atomic mass is 35.5. The molecule has 0 aliphatic carbocycles. The van der Waals surface area contributed by atoms with Crippen molar-refractivity contribution in [1.82, 2.24) is 0 Å². The first-order valence-corrected chi connectivity index (χ1v) is 5.39. The van der Waals surface area contributed by atoms with Gasteiger partial charge < -0.3 is 14.5 Å². The number of carboxylic acid groups (broad SMARTS) is 1. The Morgan fingerprint density at radius 1 is 1.36 bits per heavy atom. The number of carbonyl (C=O) groups is 1. The van der Waals surface area contributed by atoms with Gasteiger partial charge in [-0.05, 0) is 24.3 Å². The van der Waals surface area contributed by atoms with Gasteiger partial charge in [0.05, 0.1) is 0 Å². The maximum atomic E-state index is 10.9. The number of rotatable bonds is 3. The third-order valence-corrected chi connectivity index (χ3v) is 2.48. The third kappa shape index (κ3) is 2.73. The van der Waals surface area contributed by atoms with Gasteiger partial charge in [0.15, 0.2) is 0 Å². The van der Waals surface area contributed by atoms with Crippen LogP contribution in [0.25, 0.3) is 0 Å². The van der Waals surface area contributed by atoms with E-state index < -0.39 is 13.3 Å². The fourth-order valence-electron chi connectivity index (χ4n) is 0.677. The Kier molecular flexibility index (Phi) is 3.16. The summed E-state index contributed by atoms with van der Waals surface area (Å²) in [4.78, 5) is 19.0. The highest BCUT2D eigenvalue weighted by Gasteiger charge is 2.31. The first-order valence-electron chi connectivity index (χ1n) is 3.43. The van der Waals surface area contributed by atoms with E-state index >= 15 is 0 Å². The first kappa shape index (κ1) is 11.0. The quantitative estimate of drug-likeness (QED) is 0.788. The second-order valence-electron chi connectivity index (χ2n) is 2.35. The van der Waals surface area contributed by atoms with Gasteiger partial charge in [0, 0.05) is 5.02 Å². The van der Waals surface area contributed by atoms with Crippen molar-refractivity contribution in [2.75, 3.05) is 0 Å². The van der Waals surface area contributed by atoms with Gasteiger partial charge in [-0.15, -0.1) is 0 Å². The highest BCUT2D eigenvalue weighted by Crippen LogP contribution is 2.43. The molecule has 0 heterocycles. The number of hydrogen-bond acceptors (Lipinski definition) is 3. The van der Waals surface area contributed by atoms with Gasteiger partial charge in [-0.2, -0.15) is 0 Å². The van der Waals surface area contributed by atoms with Gasteiger partial charge in [0.2, 0.25) is 0 Å². The lowest BCUT2D eigenvalue weighted by atomic mass is 10.3. The van der Waals surface area contributed by atoms with E-state index in [0.29, 0.717) is 5.02 Å². The highest BCUT2D eigenvalue weighted by molar-refractivity contribution is 7.70. The average Bonchev–Trinajstić information content (AvgIpc) is 2.08. The molecule has 0 aromatic heterocycles. The van der Waals surface area contributed by atoms with Crippen molar-refractivity contribution in [1.29, 1.82) is 0 Å². The van der Waals surface area contributed by atoms with E-state index in [1.807, 2.05) is 0 Å². The van der Waals surface area contributed by atoms with E-state index in [1.54, 1.807) is 0 Å². The van der Waals surface area contributed by atoms with E-state index in [0.717, 1.165) is 0 Å². The lowest BCUT2D eigenvalue weighted by Crippen LogP contribution is -2.01. The summed E-state index contributed by atoms with van der Waals surface area (Å²) in [5.74, 6) is -0.0253. The fourth-order valence-corrected chi connectivity index (χ4v) is 1.29. The Morgan fingerprint density at radius 3 is 2.29 bits per heavy atom. The molecule has 7 heteroatoms. The van der Waals surface area contributed by atoms with Gasteiger partial charge in [-0.3, -0.25) is 0 Å². The van der Waals surface area contributed by atoms with Crippen molar-refractivity contribution in [3.05, 3.63) is 29.3 Å². The number of benzene rings is 1. The molecule has 2 N–H and O–H groups in total. The van der Waals surface area contributed by atoms with Crippen LogP contribution in [-0.4, -0.2) is 15.7 Å². The summed E-state index contributed by atoms with van der Waals surface area (Å²) in [6, 6.07) is 5.43. The molecule has 0 saturated heterocycles. The van der Waals surface area contributed by atoms with Crippen molar-refractivity contribution >= 4 is 24.9 Å². The summed E-state index contributed by atoms with van der Waals surface area (Å²) in [6.07, 6.45) is 0. The van der Waals surface area contributed by atoms with Gasteiger partial charge in [-0.1, -0.05) is 11.6 Å². The average molecular weight is 237 g/mol. The van der Waals surface area contributed by atoms with Crippen molar-refractivity contribution in [3.8, 4) is 5.75 Å². The van der Waals surface area contributed by atoms with Crippen molar-refractivity contribution in [3.63, 3.8) is 0 Å². The molecule has 0 radical (unpaired) electrons. The summed E-state index contributed by atoms with van der Waals surface area (Å²) >= 11 is 5.54. The zero-order valence-corrected chi connectivity index (χ0v) is 8.40. The molecule has 0 bridgehead atoms. The van der Waals surface area contributed by atoms with Gasteiger partial charge >= 0.3 is 13.3 Å². The molecular weight excluding hydrogens is 230 g/mol. The molecule has 1 aromatic rings. The minimum Gasteiger partial charge on any atom is -0.471 e. The standard InChI is InChI=1S/C7H6ClO5P/c8-5-1-3-6(4-2-5)13-14(11,12)7(9)10/h1-4H,(H,9,10)(H,11,12). The van der Waals surface area contributed by atoms with Crippen LogP contribution in [-0.2, 0) is 4.57 Å². The first-order chi connectivity index (χ1) is 6.42. The minimum absolute atomic E-state index is 0.0253. The topological polar surface area (TPSA) is 83.8 Å². The lowest BCUT2D eigenvalue weighted by molar-refractivity contribution is 0.209. The van der Waals surface area contributed by atoms with E-state index in [2.05, 4.69) is 4.52 Å². The molecule has 1 atom stereocenters. The molecule has 14 heavy (non-hydrogen) atoms.